The van der Waals surface area contributed by atoms with Gasteiger partial charge in [-0.15, -0.1) is 0 Å². The first-order valence-corrected chi connectivity index (χ1v) is 8.54. The minimum Gasteiger partial charge on any atom is -0.289 e. The lowest BCUT2D eigenvalue weighted by molar-refractivity contribution is 0.240. The Hall–Kier alpha value is -2.97. The maximum Gasteiger partial charge on any atom is 0.181 e. The minimum atomic E-state index is 0.264. The lowest BCUT2D eigenvalue weighted by atomic mass is 10.1. The van der Waals surface area contributed by atoms with Crippen molar-refractivity contribution in [3.63, 3.8) is 0 Å². The zero-order chi connectivity index (χ0) is 17.1. The zero-order valence-corrected chi connectivity index (χ0v) is 13.9. The summed E-state index contributed by atoms with van der Waals surface area (Å²) in [5, 5.41) is 16.5. The van der Waals surface area contributed by atoms with Crippen molar-refractivity contribution in [2.45, 2.75) is 25.4 Å². The number of nitrogens with zero attached hydrogens (tertiary/aromatic N) is 4. The van der Waals surface area contributed by atoms with Crippen molar-refractivity contribution >= 4 is 0 Å². The number of likely N-dealkylation sites (tertiary alicyclic amines) is 1. The van der Waals surface area contributed by atoms with Crippen molar-refractivity contribution < 1.29 is 0 Å². The maximum atomic E-state index is 8.92. The van der Waals surface area contributed by atoms with Crippen LogP contribution >= 0.6 is 0 Å². The summed E-state index contributed by atoms with van der Waals surface area (Å²) in [5.74, 6) is 1.69. The molecule has 0 saturated carbocycles. The van der Waals surface area contributed by atoms with Crippen LogP contribution in [0.3, 0.4) is 0 Å². The average molecular weight is 329 g/mol. The van der Waals surface area contributed by atoms with Gasteiger partial charge in [-0.05, 0) is 37.1 Å². The van der Waals surface area contributed by atoms with Crippen LogP contribution in [-0.2, 0) is 6.54 Å². The number of aromatic amines is 1. The highest BCUT2D eigenvalue weighted by Crippen LogP contribution is 2.32. The smallest absolute Gasteiger partial charge is 0.181 e. The molecule has 5 nitrogen and oxygen atoms in total. The number of nitriles is 1. The van der Waals surface area contributed by atoms with Crippen LogP contribution in [0.25, 0.3) is 11.4 Å². The first-order valence-electron chi connectivity index (χ1n) is 8.54. The largest absolute Gasteiger partial charge is 0.289 e. The fraction of sp³-hybridized carbons (Fsp3) is 0.250. The molecule has 2 heterocycles. The summed E-state index contributed by atoms with van der Waals surface area (Å²) in [6, 6.07) is 20.3. The second-order valence-electron chi connectivity index (χ2n) is 6.35. The Balaban J connectivity index is 1.51. The molecule has 0 spiro atoms. The van der Waals surface area contributed by atoms with Crippen molar-refractivity contribution in [2.75, 3.05) is 6.54 Å². The molecule has 1 aliphatic heterocycles. The molecule has 4 rings (SSSR count). The first-order chi connectivity index (χ1) is 12.3. The van der Waals surface area contributed by atoms with Gasteiger partial charge < -0.3 is 0 Å². The van der Waals surface area contributed by atoms with Gasteiger partial charge in [0.25, 0.3) is 0 Å². The quantitative estimate of drug-likeness (QED) is 0.793. The molecule has 0 aliphatic carbocycles. The van der Waals surface area contributed by atoms with Crippen molar-refractivity contribution in [1.82, 2.24) is 20.1 Å². The van der Waals surface area contributed by atoms with Crippen LogP contribution in [0.5, 0.6) is 0 Å². The molecular formula is C20H19N5. The summed E-state index contributed by atoms with van der Waals surface area (Å²) in [7, 11) is 0. The third-order valence-electron chi connectivity index (χ3n) is 4.68. The molecule has 0 radical (unpaired) electrons. The van der Waals surface area contributed by atoms with Crippen LogP contribution in [0.4, 0.5) is 0 Å². The van der Waals surface area contributed by atoms with Gasteiger partial charge in [0.2, 0.25) is 0 Å². The number of rotatable bonds is 4. The average Bonchev–Trinajstić information content (AvgIpc) is 3.32. The molecule has 0 bridgehead atoms. The van der Waals surface area contributed by atoms with E-state index in [1.165, 1.54) is 5.56 Å². The minimum absolute atomic E-state index is 0.264. The summed E-state index contributed by atoms with van der Waals surface area (Å²) < 4.78 is 0. The highest BCUT2D eigenvalue weighted by atomic mass is 15.3. The van der Waals surface area contributed by atoms with E-state index in [1.807, 2.05) is 54.6 Å². The predicted molar refractivity (Wildman–Crippen MR) is 95.4 cm³/mol. The van der Waals surface area contributed by atoms with Gasteiger partial charge in [-0.2, -0.15) is 10.4 Å². The van der Waals surface area contributed by atoms with Crippen molar-refractivity contribution in [1.29, 1.82) is 5.26 Å². The predicted octanol–water partition coefficient (Wildman–Crippen LogP) is 3.68. The molecule has 1 saturated heterocycles. The Bertz CT molecular complexity index is 876. The Labute approximate surface area is 146 Å². The van der Waals surface area contributed by atoms with E-state index < -0.39 is 0 Å². The van der Waals surface area contributed by atoms with Crippen LogP contribution in [0.2, 0.25) is 0 Å². The lowest BCUT2D eigenvalue weighted by Gasteiger charge is -2.22. The van der Waals surface area contributed by atoms with E-state index in [0.29, 0.717) is 5.56 Å². The number of hydrogen-bond acceptors (Lipinski definition) is 4. The highest BCUT2D eigenvalue weighted by Gasteiger charge is 2.28. The number of aromatic nitrogens is 3. The Morgan fingerprint density at radius 2 is 1.92 bits per heavy atom. The molecule has 2 aromatic carbocycles. The standard InChI is InChI=1S/C20H19N5/c21-13-15-8-10-16(11-9-15)14-25-12-4-7-18(25)20-22-19(23-24-20)17-5-2-1-3-6-17/h1-3,5-6,8-11,18H,4,7,12,14H2,(H,22,23,24)/t18-/m0/s1. The second kappa shape index (κ2) is 6.88. The Morgan fingerprint density at radius 1 is 1.12 bits per heavy atom. The topological polar surface area (TPSA) is 68.6 Å². The molecule has 0 amide bonds. The second-order valence-corrected chi connectivity index (χ2v) is 6.35. The van der Waals surface area contributed by atoms with E-state index in [0.717, 1.165) is 43.1 Å². The summed E-state index contributed by atoms with van der Waals surface area (Å²) in [6.45, 7) is 1.91. The van der Waals surface area contributed by atoms with Gasteiger partial charge >= 0.3 is 0 Å². The summed E-state index contributed by atoms with van der Waals surface area (Å²) in [6.07, 6.45) is 2.24. The van der Waals surface area contributed by atoms with E-state index in [2.05, 4.69) is 21.2 Å². The normalized spacial score (nSPS) is 17.5. The van der Waals surface area contributed by atoms with E-state index in [1.54, 1.807) is 0 Å². The van der Waals surface area contributed by atoms with Gasteiger partial charge in [0.05, 0.1) is 17.7 Å². The van der Waals surface area contributed by atoms with Crippen LogP contribution < -0.4 is 0 Å². The van der Waals surface area contributed by atoms with Gasteiger partial charge in [0.15, 0.2) is 5.82 Å². The SMILES string of the molecule is N#Cc1ccc(CN2CCC[C@H]2c2nc(-c3ccccc3)n[nH]2)cc1. The van der Waals surface area contributed by atoms with Gasteiger partial charge in [0.1, 0.15) is 5.82 Å². The van der Waals surface area contributed by atoms with Crippen LogP contribution in [-0.4, -0.2) is 26.6 Å². The summed E-state index contributed by atoms with van der Waals surface area (Å²) in [4.78, 5) is 7.16. The van der Waals surface area contributed by atoms with Crippen LogP contribution in [0, 0.1) is 11.3 Å². The number of benzene rings is 2. The van der Waals surface area contributed by atoms with E-state index in [4.69, 9.17) is 10.2 Å². The Kier molecular flexibility index (Phi) is 4.28. The molecule has 124 valence electrons. The number of nitrogens with one attached hydrogen (secondary N) is 1. The fourth-order valence-electron chi connectivity index (χ4n) is 3.38. The first kappa shape index (κ1) is 15.6. The monoisotopic (exact) mass is 329 g/mol. The van der Waals surface area contributed by atoms with Gasteiger partial charge in [-0.25, -0.2) is 4.98 Å². The van der Waals surface area contributed by atoms with Gasteiger partial charge in [0, 0.05) is 12.1 Å². The molecule has 0 unspecified atom stereocenters. The molecule has 3 aromatic rings. The van der Waals surface area contributed by atoms with Gasteiger partial charge in [-0.3, -0.25) is 10.00 Å². The Morgan fingerprint density at radius 3 is 2.68 bits per heavy atom. The van der Waals surface area contributed by atoms with E-state index >= 15 is 0 Å². The lowest BCUT2D eigenvalue weighted by Crippen LogP contribution is -2.23. The third-order valence-corrected chi connectivity index (χ3v) is 4.68. The third kappa shape index (κ3) is 3.30. The molecule has 1 aliphatic rings. The zero-order valence-electron chi connectivity index (χ0n) is 13.9. The molecule has 1 atom stereocenters. The molecule has 1 fully saturated rings. The van der Waals surface area contributed by atoms with Crippen LogP contribution in [0.15, 0.2) is 54.6 Å². The van der Waals surface area contributed by atoms with Gasteiger partial charge in [-0.1, -0.05) is 42.5 Å². The van der Waals surface area contributed by atoms with Crippen molar-refractivity contribution in [3.8, 4) is 17.5 Å². The molecule has 1 aromatic heterocycles. The fourth-order valence-corrected chi connectivity index (χ4v) is 3.38. The molecule has 1 N–H and O–H groups in total. The highest BCUT2D eigenvalue weighted by molar-refractivity contribution is 5.53. The maximum absolute atomic E-state index is 8.92. The summed E-state index contributed by atoms with van der Waals surface area (Å²) in [5.41, 5.74) is 2.94. The number of H-pyrrole nitrogens is 1. The van der Waals surface area contributed by atoms with E-state index in [9.17, 15) is 0 Å². The van der Waals surface area contributed by atoms with Crippen LogP contribution in [0.1, 0.15) is 35.8 Å². The van der Waals surface area contributed by atoms with E-state index in [-0.39, 0.29) is 6.04 Å². The molecule has 5 heteroatoms. The van der Waals surface area contributed by atoms with Crippen molar-refractivity contribution in [3.05, 3.63) is 71.5 Å². The van der Waals surface area contributed by atoms with Crippen molar-refractivity contribution in [2.24, 2.45) is 0 Å². The number of hydrogen-bond donors (Lipinski definition) is 1. The molecular weight excluding hydrogens is 310 g/mol. The molecule has 25 heavy (non-hydrogen) atoms. The summed E-state index contributed by atoms with van der Waals surface area (Å²) >= 11 is 0.